The van der Waals surface area contributed by atoms with Crippen LogP contribution in [-0.2, 0) is 31.3 Å². The Morgan fingerprint density at radius 2 is 1.91 bits per heavy atom. The largest absolute Gasteiger partial charge is 0.497 e. The molecule has 2 heterocycles. The third kappa shape index (κ3) is 3.84. The van der Waals surface area contributed by atoms with E-state index >= 15 is 0 Å². The van der Waals surface area contributed by atoms with E-state index in [-0.39, 0.29) is 5.97 Å². The maximum Gasteiger partial charge on any atom is 0.340 e. The number of carbonyl (C=O) groups is 1. The SMILES string of the molecule is CCOC(=O)c1c(C)n(C)c2cc(C[N+]3(C)CCc4cc(OC)ccc4C3)c(OC)cc12. The van der Waals surface area contributed by atoms with Crippen molar-refractivity contribution in [1.29, 1.82) is 0 Å². The van der Waals surface area contributed by atoms with Crippen molar-refractivity contribution < 1.29 is 23.5 Å². The summed E-state index contributed by atoms with van der Waals surface area (Å²) in [5.74, 6) is 1.45. The van der Waals surface area contributed by atoms with E-state index < -0.39 is 0 Å². The molecule has 0 fully saturated rings. The van der Waals surface area contributed by atoms with E-state index in [4.69, 9.17) is 14.2 Å². The number of rotatable bonds is 6. The Bertz CT molecular complexity index is 1180. The smallest absolute Gasteiger partial charge is 0.340 e. The van der Waals surface area contributed by atoms with Gasteiger partial charge in [-0.3, -0.25) is 0 Å². The van der Waals surface area contributed by atoms with Crippen LogP contribution in [0.1, 0.15) is 39.7 Å². The molecule has 1 aliphatic rings. The van der Waals surface area contributed by atoms with Crippen LogP contribution in [0.2, 0.25) is 0 Å². The minimum absolute atomic E-state index is 0.285. The van der Waals surface area contributed by atoms with Crippen LogP contribution in [0.25, 0.3) is 10.9 Å². The topological polar surface area (TPSA) is 49.7 Å². The van der Waals surface area contributed by atoms with Crippen LogP contribution in [0.3, 0.4) is 0 Å². The Balaban J connectivity index is 1.71. The van der Waals surface area contributed by atoms with Gasteiger partial charge in [-0.15, -0.1) is 0 Å². The van der Waals surface area contributed by atoms with E-state index in [1.807, 2.05) is 33.0 Å². The van der Waals surface area contributed by atoms with Gasteiger partial charge in [0.1, 0.15) is 24.6 Å². The van der Waals surface area contributed by atoms with Crippen LogP contribution in [0.5, 0.6) is 11.5 Å². The lowest BCUT2D eigenvalue weighted by Crippen LogP contribution is -2.46. The number of aryl methyl sites for hydroxylation is 1. The first-order valence-corrected chi connectivity index (χ1v) is 11.1. The minimum atomic E-state index is -0.285. The average Bonchev–Trinajstić information content (AvgIpc) is 3.02. The highest BCUT2D eigenvalue weighted by Gasteiger charge is 2.31. The third-order valence-electron chi connectivity index (χ3n) is 6.81. The predicted octanol–water partition coefficient (Wildman–Crippen LogP) is 4.38. The van der Waals surface area contributed by atoms with Crippen molar-refractivity contribution in [2.45, 2.75) is 33.4 Å². The van der Waals surface area contributed by atoms with Gasteiger partial charge in [0.05, 0.1) is 45.5 Å². The van der Waals surface area contributed by atoms with Crippen molar-refractivity contribution in [1.82, 2.24) is 4.57 Å². The second kappa shape index (κ2) is 8.51. The molecule has 1 aromatic heterocycles. The van der Waals surface area contributed by atoms with E-state index in [2.05, 4.69) is 29.8 Å². The number of ether oxygens (including phenoxy) is 3. The van der Waals surface area contributed by atoms with E-state index in [0.717, 1.165) is 64.2 Å². The number of benzene rings is 2. The Morgan fingerprint density at radius 3 is 2.59 bits per heavy atom. The molecule has 0 spiro atoms. The summed E-state index contributed by atoms with van der Waals surface area (Å²) in [6.07, 6.45) is 1.02. The van der Waals surface area contributed by atoms with Crippen molar-refractivity contribution >= 4 is 16.9 Å². The molecule has 6 nitrogen and oxygen atoms in total. The molecule has 170 valence electrons. The fourth-order valence-corrected chi connectivity index (χ4v) is 4.95. The standard InChI is InChI=1S/C26H33N2O4/c1-7-32-26(29)25-17(2)27(3)23-13-20(24(31-6)14-22(23)25)16-28(4)11-10-18-12-21(30-5)9-8-19(18)15-28/h8-9,12-14H,7,10-11,15-16H2,1-6H3/q+1. The molecule has 0 saturated carbocycles. The summed E-state index contributed by atoms with van der Waals surface area (Å²) in [4.78, 5) is 12.6. The van der Waals surface area contributed by atoms with Gasteiger partial charge >= 0.3 is 5.97 Å². The number of fused-ring (bicyclic) bond motifs is 2. The summed E-state index contributed by atoms with van der Waals surface area (Å²) in [5.41, 5.74) is 6.44. The highest BCUT2D eigenvalue weighted by Crippen LogP contribution is 2.35. The molecule has 1 atom stereocenters. The van der Waals surface area contributed by atoms with E-state index in [1.54, 1.807) is 14.2 Å². The lowest BCUT2D eigenvalue weighted by molar-refractivity contribution is -0.937. The van der Waals surface area contributed by atoms with Gasteiger partial charge in [0.2, 0.25) is 0 Å². The zero-order chi connectivity index (χ0) is 23.0. The van der Waals surface area contributed by atoms with Crippen LogP contribution >= 0.6 is 0 Å². The number of hydrogen-bond acceptors (Lipinski definition) is 4. The van der Waals surface area contributed by atoms with Crippen molar-refractivity contribution in [2.75, 3.05) is 34.4 Å². The van der Waals surface area contributed by atoms with Crippen LogP contribution in [-0.4, -0.2) is 49.4 Å². The number of quaternary nitrogens is 1. The lowest BCUT2D eigenvalue weighted by atomic mass is 9.96. The fourth-order valence-electron chi connectivity index (χ4n) is 4.95. The Kier molecular flexibility index (Phi) is 5.91. The molecule has 0 amide bonds. The summed E-state index contributed by atoms with van der Waals surface area (Å²) >= 11 is 0. The lowest BCUT2D eigenvalue weighted by Gasteiger charge is -2.39. The predicted molar refractivity (Wildman–Crippen MR) is 125 cm³/mol. The first-order valence-electron chi connectivity index (χ1n) is 11.1. The van der Waals surface area contributed by atoms with Crippen molar-refractivity contribution in [3.05, 3.63) is 58.3 Å². The Labute approximate surface area is 189 Å². The van der Waals surface area contributed by atoms with Crippen LogP contribution in [0.4, 0.5) is 0 Å². The van der Waals surface area contributed by atoms with Gasteiger partial charge in [-0.1, -0.05) is 0 Å². The van der Waals surface area contributed by atoms with Gasteiger partial charge in [0.25, 0.3) is 0 Å². The molecular formula is C26H33N2O4+. The molecule has 0 bridgehead atoms. The number of esters is 1. The maximum atomic E-state index is 12.6. The molecular weight excluding hydrogens is 404 g/mol. The Hall–Kier alpha value is -2.99. The molecule has 0 saturated heterocycles. The van der Waals surface area contributed by atoms with Gasteiger partial charge in [-0.2, -0.15) is 0 Å². The quantitative estimate of drug-likeness (QED) is 0.424. The van der Waals surface area contributed by atoms with E-state index in [9.17, 15) is 4.79 Å². The summed E-state index contributed by atoms with van der Waals surface area (Å²) < 4.78 is 19.5. The van der Waals surface area contributed by atoms with Gasteiger partial charge in [-0.05, 0) is 49.7 Å². The molecule has 2 aromatic carbocycles. The van der Waals surface area contributed by atoms with Gasteiger partial charge in [0, 0.05) is 35.6 Å². The highest BCUT2D eigenvalue weighted by atomic mass is 16.5. The first kappa shape index (κ1) is 22.2. The zero-order valence-electron chi connectivity index (χ0n) is 19.9. The van der Waals surface area contributed by atoms with Crippen LogP contribution in [0, 0.1) is 6.92 Å². The van der Waals surface area contributed by atoms with Crippen molar-refractivity contribution in [3.8, 4) is 11.5 Å². The molecule has 6 heteroatoms. The number of likely N-dealkylation sites (N-methyl/N-ethyl adjacent to an activating group) is 1. The van der Waals surface area contributed by atoms with E-state index in [0.29, 0.717) is 12.2 Å². The minimum Gasteiger partial charge on any atom is -0.497 e. The summed E-state index contributed by atoms with van der Waals surface area (Å²) in [6, 6.07) is 10.6. The molecule has 1 aliphatic heterocycles. The van der Waals surface area contributed by atoms with Crippen LogP contribution < -0.4 is 9.47 Å². The third-order valence-corrected chi connectivity index (χ3v) is 6.81. The summed E-state index contributed by atoms with van der Waals surface area (Å²) in [7, 11) is 7.71. The summed E-state index contributed by atoms with van der Waals surface area (Å²) in [6.45, 7) is 7.00. The van der Waals surface area contributed by atoms with Gasteiger partial charge < -0.3 is 23.3 Å². The number of methoxy groups -OCH3 is 2. The molecule has 1 unspecified atom stereocenters. The van der Waals surface area contributed by atoms with E-state index in [1.165, 1.54) is 11.1 Å². The monoisotopic (exact) mass is 437 g/mol. The molecule has 32 heavy (non-hydrogen) atoms. The Morgan fingerprint density at radius 1 is 1.12 bits per heavy atom. The van der Waals surface area contributed by atoms with Gasteiger partial charge in [0.15, 0.2) is 0 Å². The second-order valence-electron chi connectivity index (χ2n) is 8.97. The van der Waals surface area contributed by atoms with Crippen LogP contribution in [0.15, 0.2) is 30.3 Å². The normalized spacial score (nSPS) is 17.8. The van der Waals surface area contributed by atoms with Gasteiger partial charge in [-0.25, -0.2) is 4.79 Å². The number of hydrogen-bond donors (Lipinski definition) is 0. The zero-order valence-corrected chi connectivity index (χ0v) is 19.9. The molecule has 0 radical (unpaired) electrons. The highest BCUT2D eigenvalue weighted by molar-refractivity contribution is 6.06. The molecule has 0 aliphatic carbocycles. The number of carbonyl (C=O) groups excluding carboxylic acids is 1. The second-order valence-corrected chi connectivity index (χ2v) is 8.97. The maximum absolute atomic E-state index is 12.6. The fraction of sp³-hybridized carbons (Fsp3) is 0.423. The van der Waals surface area contributed by atoms with Crippen molar-refractivity contribution in [2.24, 2.45) is 7.05 Å². The molecule has 4 rings (SSSR count). The molecule has 0 N–H and O–H groups in total. The average molecular weight is 438 g/mol. The van der Waals surface area contributed by atoms with Crippen molar-refractivity contribution in [3.63, 3.8) is 0 Å². The summed E-state index contributed by atoms with van der Waals surface area (Å²) in [5, 5.41) is 0.878. The first-order chi connectivity index (χ1) is 15.3. The number of aromatic nitrogens is 1. The molecule has 3 aromatic rings. The number of nitrogens with zero attached hydrogens (tertiary/aromatic N) is 2.